The Morgan fingerprint density at radius 3 is 2.62 bits per heavy atom. The third-order valence-electron chi connectivity index (χ3n) is 6.01. The molecule has 2 atom stereocenters. The summed E-state index contributed by atoms with van der Waals surface area (Å²) in [7, 11) is -2.66. The number of hydrogen-bond acceptors (Lipinski definition) is 9. The van der Waals surface area contributed by atoms with E-state index in [0.29, 0.717) is 24.1 Å². The molecule has 0 bridgehead atoms. The number of halogens is 1. The van der Waals surface area contributed by atoms with Crippen LogP contribution in [0, 0.1) is 5.82 Å². The topological polar surface area (TPSA) is 155 Å². The maximum Gasteiger partial charge on any atom is 0.570 e. The molecule has 0 radical (unpaired) electrons. The molecule has 0 spiro atoms. The molecule has 0 saturated heterocycles. The lowest BCUT2D eigenvalue weighted by Gasteiger charge is -2.28. The largest absolute Gasteiger partial charge is 0.570 e. The summed E-state index contributed by atoms with van der Waals surface area (Å²) in [6.07, 6.45) is 5.02. The summed E-state index contributed by atoms with van der Waals surface area (Å²) in [5.41, 5.74) is 5.54. The van der Waals surface area contributed by atoms with Crippen LogP contribution in [0.3, 0.4) is 0 Å². The van der Waals surface area contributed by atoms with E-state index in [4.69, 9.17) is 15.2 Å². The molecule has 1 amide bonds. The number of carbonyl (C=O) groups excluding carboxylic acids is 2. The van der Waals surface area contributed by atoms with Gasteiger partial charge >= 0.3 is 14.1 Å². The molecule has 1 aromatic carbocycles. The molecule has 12 nitrogen and oxygen atoms in total. The molecule has 210 valence electrons. The number of fused-ring (bicyclic) bond motifs is 1. The van der Waals surface area contributed by atoms with Gasteiger partial charge in [0, 0.05) is 5.56 Å². The average molecular weight is 563 g/mol. The van der Waals surface area contributed by atoms with Crippen molar-refractivity contribution in [2.24, 2.45) is 0 Å². The van der Waals surface area contributed by atoms with E-state index >= 15 is 0 Å². The number of amides is 1. The number of unbranched alkanes of at least 4 members (excludes halogenated alkanes) is 2. The number of esters is 1. The van der Waals surface area contributed by atoms with Gasteiger partial charge in [-0.3, -0.25) is 4.79 Å². The number of nitrogens with two attached hydrogens (primary N) is 1. The first-order valence-electron chi connectivity index (χ1n) is 12.6. The van der Waals surface area contributed by atoms with Crippen LogP contribution in [0.15, 0.2) is 36.9 Å². The average Bonchev–Trinajstić information content (AvgIpc) is 3.30. The van der Waals surface area contributed by atoms with Gasteiger partial charge in [0.2, 0.25) is 0 Å². The zero-order valence-corrected chi connectivity index (χ0v) is 23.4. The summed E-state index contributed by atoms with van der Waals surface area (Å²) in [5, 5.41) is 2.39. The molecule has 1 unspecified atom stereocenters. The van der Waals surface area contributed by atoms with Crippen LogP contribution in [0.25, 0.3) is 11.2 Å². The second-order valence-electron chi connectivity index (χ2n) is 9.46. The minimum atomic E-state index is -2.66. The van der Waals surface area contributed by atoms with Crippen LogP contribution < -0.4 is 10.8 Å². The highest BCUT2D eigenvalue weighted by Gasteiger charge is 2.49. The fourth-order valence-corrected chi connectivity index (χ4v) is 4.74. The van der Waals surface area contributed by atoms with Crippen LogP contribution in [-0.4, -0.2) is 61.0 Å². The number of nitrogens with zero attached hydrogens (tertiary/aromatic N) is 5. The Hall–Kier alpha value is -3.54. The van der Waals surface area contributed by atoms with Crippen molar-refractivity contribution < 1.29 is 28.0 Å². The van der Waals surface area contributed by atoms with E-state index in [2.05, 4.69) is 20.0 Å². The van der Waals surface area contributed by atoms with Crippen molar-refractivity contribution >= 4 is 37.0 Å². The molecule has 3 N–H and O–H groups in total. The lowest BCUT2D eigenvalue weighted by molar-refractivity contribution is -0.156. The van der Waals surface area contributed by atoms with E-state index in [-0.39, 0.29) is 24.7 Å². The van der Waals surface area contributed by atoms with Gasteiger partial charge in [0.1, 0.15) is 24.4 Å². The van der Waals surface area contributed by atoms with Gasteiger partial charge in [0.25, 0.3) is 5.91 Å². The fraction of sp³-hybridized carbons (Fsp3) is 0.480. The summed E-state index contributed by atoms with van der Waals surface area (Å²) in [4.78, 5) is 38.1. The highest BCUT2D eigenvalue weighted by molar-refractivity contribution is 7.40. The number of benzene rings is 1. The van der Waals surface area contributed by atoms with Crippen molar-refractivity contribution in [2.75, 3.05) is 19.1 Å². The predicted molar refractivity (Wildman–Crippen MR) is 143 cm³/mol. The van der Waals surface area contributed by atoms with Crippen molar-refractivity contribution in [3.8, 4) is 0 Å². The molecule has 2 aromatic heterocycles. The summed E-state index contributed by atoms with van der Waals surface area (Å²) >= 11 is 0. The summed E-state index contributed by atoms with van der Waals surface area (Å²) < 4.78 is 41.0. The van der Waals surface area contributed by atoms with Gasteiger partial charge in [-0.2, -0.15) is 0 Å². The second kappa shape index (κ2) is 13.5. The molecule has 0 fully saturated rings. The van der Waals surface area contributed by atoms with Crippen molar-refractivity contribution in [1.82, 2.24) is 29.3 Å². The first-order valence-corrected chi connectivity index (χ1v) is 13.8. The molecular formula is C25H34FN7O5P+. The molecule has 0 aliphatic heterocycles. The van der Waals surface area contributed by atoms with Gasteiger partial charge in [-0.05, 0) is 60.7 Å². The Morgan fingerprint density at radius 2 is 1.92 bits per heavy atom. The maximum atomic E-state index is 13.4. The number of carbonyl (C=O) groups is 2. The Kier molecular flexibility index (Phi) is 10.4. The number of aromatic nitrogens is 4. The van der Waals surface area contributed by atoms with Gasteiger partial charge in [0.15, 0.2) is 17.0 Å². The number of anilines is 1. The SMILES string of the molecule is CCCCCOC(=O)C(C)(C)N(CO[C@H](C)Cn1cnc2c(N)ncnc21)[P+](=O)NC(=O)c1ccc(F)cc1. The number of ether oxygens (including phenoxy) is 2. The zero-order chi connectivity index (χ0) is 28.6. The molecule has 39 heavy (non-hydrogen) atoms. The van der Waals surface area contributed by atoms with Crippen molar-refractivity contribution in [3.63, 3.8) is 0 Å². The molecule has 0 aliphatic carbocycles. The molecule has 0 aliphatic rings. The molecule has 14 heteroatoms. The first kappa shape index (κ1) is 30.0. The van der Waals surface area contributed by atoms with Crippen LogP contribution in [-0.2, 0) is 25.4 Å². The lowest BCUT2D eigenvalue weighted by atomic mass is 10.1. The molecule has 2 heterocycles. The first-order chi connectivity index (χ1) is 18.5. The molecular weight excluding hydrogens is 528 g/mol. The van der Waals surface area contributed by atoms with Gasteiger partial charge < -0.3 is 19.8 Å². The Morgan fingerprint density at radius 1 is 1.21 bits per heavy atom. The van der Waals surface area contributed by atoms with Crippen molar-refractivity contribution in [1.29, 1.82) is 0 Å². The standard InChI is InChI=1S/C25H33FN7O5P/c1-5-6-7-12-37-24(35)25(3,4)33(39(36)31-23(34)18-8-10-19(26)11-9-18)16-38-17(2)13-32-15-30-20-21(27)28-14-29-22(20)32/h8-11,14-15,17H,5-7,12-13,16H2,1-4H3,(H2-,27,28,29,31,34,36)/p+1/t17-/m1/s1. The van der Waals surface area contributed by atoms with E-state index in [1.165, 1.54) is 23.1 Å². The summed E-state index contributed by atoms with van der Waals surface area (Å²) in [5.74, 6) is -1.55. The number of hydrogen-bond donors (Lipinski definition) is 2. The number of imidazole rings is 1. The van der Waals surface area contributed by atoms with Crippen LogP contribution in [0.4, 0.5) is 10.2 Å². The van der Waals surface area contributed by atoms with Crippen LogP contribution in [0.2, 0.25) is 0 Å². The Balaban J connectivity index is 1.73. The minimum absolute atomic E-state index is 0.113. The normalized spacial score (nSPS) is 12.9. The summed E-state index contributed by atoms with van der Waals surface area (Å²) in [6, 6.07) is 4.80. The van der Waals surface area contributed by atoms with Gasteiger partial charge in [-0.25, -0.2) is 24.1 Å². The zero-order valence-electron chi connectivity index (χ0n) is 22.5. The lowest BCUT2D eigenvalue weighted by Crippen LogP contribution is -2.50. The smallest absolute Gasteiger partial charge is 0.464 e. The van der Waals surface area contributed by atoms with Crippen LogP contribution in [0.5, 0.6) is 0 Å². The predicted octanol–water partition coefficient (Wildman–Crippen LogP) is 3.81. The van der Waals surface area contributed by atoms with Crippen LogP contribution >= 0.6 is 8.10 Å². The minimum Gasteiger partial charge on any atom is -0.464 e. The summed E-state index contributed by atoms with van der Waals surface area (Å²) in [6.45, 7) is 7.18. The number of nitrogen functional groups attached to an aromatic ring is 1. The van der Waals surface area contributed by atoms with Crippen LogP contribution in [0.1, 0.15) is 57.3 Å². The third kappa shape index (κ3) is 7.75. The Bertz CT molecular complexity index is 1300. The van der Waals surface area contributed by atoms with Crippen molar-refractivity contribution in [3.05, 3.63) is 48.3 Å². The highest BCUT2D eigenvalue weighted by Crippen LogP contribution is 2.33. The fourth-order valence-electron chi connectivity index (χ4n) is 3.61. The van der Waals surface area contributed by atoms with E-state index in [1.807, 2.05) is 6.92 Å². The monoisotopic (exact) mass is 562 g/mol. The molecule has 0 saturated carbocycles. The van der Waals surface area contributed by atoms with E-state index in [0.717, 1.165) is 25.0 Å². The number of nitrogens with one attached hydrogen (secondary N) is 1. The quantitative estimate of drug-likeness (QED) is 0.128. The maximum absolute atomic E-state index is 13.4. The Labute approximate surface area is 227 Å². The third-order valence-corrected chi connectivity index (χ3v) is 7.46. The molecule has 3 rings (SSSR count). The van der Waals surface area contributed by atoms with Gasteiger partial charge in [-0.15, -0.1) is 5.09 Å². The highest BCUT2D eigenvalue weighted by atomic mass is 31.1. The van der Waals surface area contributed by atoms with Crippen molar-refractivity contribution in [2.45, 2.75) is 65.1 Å². The van der Waals surface area contributed by atoms with E-state index < -0.39 is 37.4 Å². The van der Waals surface area contributed by atoms with Gasteiger partial charge in [0.05, 0.1) is 25.6 Å². The van der Waals surface area contributed by atoms with Gasteiger partial charge in [-0.1, -0.05) is 19.8 Å². The second-order valence-corrected chi connectivity index (χ2v) is 10.7. The number of rotatable bonds is 14. The molecule has 3 aromatic rings. The van der Waals surface area contributed by atoms with E-state index in [9.17, 15) is 18.5 Å². The van der Waals surface area contributed by atoms with E-state index in [1.54, 1.807) is 31.7 Å².